The first-order valence-electron chi connectivity index (χ1n) is 5.15. The molecule has 0 bridgehead atoms. The van der Waals surface area contributed by atoms with Gasteiger partial charge in [-0.2, -0.15) is 0 Å². The van der Waals surface area contributed by atoms with Crippen LogP contribution in [0.3, 0.4) is 0 Å². The average Bonchev–Trinajstić information content (AvgIpc) is 2.79. The molecule has 18 heavy (non-hydrogen) atoms. The number of pyridine rings is 1. The van der Waals surface area contributed by atoms with Crippen LogP contribution in [0, 0.1) is 17.0 Å². The van der Waals surface area contributed by atoms with Crippen molar-refractivity contribution in [2.75, 3.05) is 5.32 Å². The number of aromatic nitrogens is 1. The summed E-state index contributed by atoms with van der Waals surface area (Å²) in [6.07, 6.45) is 1.68. The summed E-state index contributed by atoms with van der Waals surface area (Å²) in [4.78, 5) is 15.1. The maximum Gasteiger partial charge on any atom is 0.324 e. The SMILES string of the molecule is Cc1cnc(Cl)c(NCc2ccc([N+](=O)[O-])s2)c1. The number of hydrogen-bond donors (Lipinski definition) is 1. The molecule has 5 nitrogen and oxygen atoms in total. The molecule has 0 aromatic carbocycles. The van der Waals surface area contributed by atoms with E-state index < -0.39 is 4.92 Å². The minimum absolute atomic E-state index is 0.139. The van der Waals surface area contributed by atoms with E-state index in [9.17, 15) is 10.1 Å². The monoisotopic (exact) mass is 283 g/mol. The van der Waals surface area contributed by atoms with E-state index in [0.29, 0.717) is 11.7 Å². The molecular weight excluding hydrogens is 274 g/mol. The highest BCUT2D eigenvalue weighted by Crippen LogP contribution is 2.26. The maximum atomic E-state index is 10.6. The molecule has 0 amide bonds. The fourth-order valence-corrected chi connectivity index (χ4v) is 2.35. The minimum Gasteiger partial charge on any atom is -0.378 e. The third-order valence-corrected chi connectivity index (χ3v) is 3.59. The number of rotatable bonds is 4. The van der Waals surface area contributed by atoms with E-state index >= 15 is 0 Å². The molecule has 0 aliphatic heterocycles. The van der Waals surface area contributed by atoms with Crippen LogP contribution in [0.25, 0.3) is 0 Å². The lowest BCUT2D eigenvalue weighted by molar-refractivity contribution is -0.380. The molecule has 0 saturated heterocycles. The molecule has 0 radical (unpaired) electrons. The molecule has 0 fully saturated rings. The summed E-state index contributed by atoms with van der Waals surface area (Å²) in [6.45, 7) is 2.41. The fourth-order valence-electron chi connectivity index (χ4n) is 1.42. The molecule has 0 atom stereocenters. The number of nitro groups is 1. The first kappa shape index (κ1) is 12.8. The van der Waals surface area contributed by atoms with Gasteiger partial charge in [0.15, 0.2) is 5.15 Å². The van der Waals surface area contributed by atoms with E-state index in [1.165, 1.54) is 6.07 Å². The highest BCUT2D eigenvalue weighted by atomic mass is 35.5. The van der Waals surface area contributed by atoms with E-state index in [2.05, 4.69) is 10.3 Å². The predicted molar refractivity (Wildman–Crippen MR) is 72.3 cm³/mol. The molecule has 2 heterocycles. The van der Waals surface area contributed by atoms with Crippen LogP contribution in [0.4, 0.5) is 10.7 Å². The highest BCUT2D eigenvalue weighted by molar-refractivity contribution is 7.15. The Morgan fingerprint density at radius 3 is 3.00 bits per heavy atom. The Labute approximate surface area is 113 Å². The molecule has 0 spiro atoms. The molecule has 0 unspecified atom stereocenters. The van der Waals surface area contributed by atoms with E-state index in [1.807, 2.05) is 13.0 Å². The Bertz CT molecular complexity index is 585. The highest BCUT2D eigenvalue weighted by Gasteiger charge is 2.10. The minimum atomic E-state index is -0.393. The summed E-state index contributed by atoms with van der Waals surface area (Å²) in [6, 6.07) is 5.11. The summed E-state index contributed by atoms with van der Waals surface area (Å²) in [5.41, 5.74) is 1.73. The summed E-state index contributed by atoms with van der Waals surface area (Å²) in [7, 11) is 0. The molecule has 2 aromatic rings. The summed E-state index contributed by atoms with van der Waals surface area (Å²) in [5.74, 6) is 0. The molecule has 0 saturated carbocycles. The molecular formula is C11H10ClN3O2S. The van der Waals surface area contributed by atoms with Gasteiger partial charge in [-0.3, -0.25) is 10.1 Å². The van der Waals surface area contributed by atoms with Gasteiger partial charge < -0.3 is 5.32 Å². The van der Waals surface area contributed by atoms with Gasteiger partial charge in [0, 0.05) is 23.7 Å². The predicted octanol–water partition coefficient (Wildman–Crippen LogP) is 3.63. The van der Waals surface area contributed by atoms with E-state index in [-0.39, 0.29) is 5.00 Å². The number of anilines is 1. The van der Waals surface area contributed by atoms with Gasteiger partial charge in [0.2, 0.25) is 0 Å². The lowest BCUT2D eigenvalue weighted by atomic mass is 10.3. The Morgan fingerprint density at radius 1 is 1.56 bits per heavy atom. The van der Waals surface area contributed by atoms with E-state index in [4.69, 9.17) is 11.6 Å². The lowest BCUT2D eigenvalue weighted by Crippen LogP contribution is -1.99. The van der Waals surface area contributed by atoms with Crippen LogP contribution < -0.4 is 5.32 Å². The number of halogens is 1. The van der Waals surface area contributed by atoms with E-state index in [0.717, 1.165) is 27.5 Å². The third kappa shape index (κ3) is 2.96. The smallest absolute Gasteiger partial charge is 0.324 e. The van der Waals surface area contributed by atoms with Gasteiger partial charge in [0.25, 0.3) is 0 Å². The average molecular weight is 284 g/mol. The van der Waals surface area contributed by atoms with Crippen molar-refractivity contribution in [3.05, 3.63) is 50.1 Å². The van der Waals surface area contributed by atoms with Gasteiger partial charge in [-0.15, -0.1) is 0 Å². The lowest BCUT2D eigenvalue weighted by Gasteiger charge is -2.06. The van der Waals surface area contributed by atoms with Gasteiger partial charge in [-0.05, 0) is 24.6 Å². The number of hydrogen-bond acceptors (Lipinski definition) is 5. The van der Waals surface area contributed by atoms with Crippen molar-refractivity contribution < 1.29 is 4.92 Å². The van der Waals surface area contributed by atoms with Crippen LogP contribution in [-0.2, 0) is 6.54 Å². The largest absolute Gasteiger partial charge is 0.378 e. The van der Waals surface area contributed by atoms with Crippen molar-refractivity contribution in [3.8, 4) is 0 Å². The van der Waals surface area contributed by atoms with Crippen LogP contribution in [0.15, 0.2) is 24.4 Å². The first-order valence-corrected chi connectivity index (χ1v) is 6.35. The summed E-state index contributed by atoms with van der Waals surface area (Å²) < 4.78 is 0. The topological polar surface area (TPSA) is 68.1 Å². The van der Waals surface area contributed by atoms with Crippen LogP contribution in [0.1, 0.15) is 10.4 Å². The van der Waals surface area contributed by atoms with Crippen molar-refractivity contribution in [3.63, 3.8) is 0 Å². The number of nitrogens with one attached hydrogen (secondary N) is 1. The van der Waals surface area contributed by atoms with Crippen molar-refractivity contribution in [1.29, 1.82) is 0 Å². The molecule has 7 heteroatoms. The first-order chi connectivity index (χ1) is 8.56. The summed E-state index contributed by atoms with van der Waals surface area (Å²) >= 11 is 7.08. The second-order valence-corrected chi connectivity index (χ2v) is 5.21. The zero-order valence-electron chi connectivity index (χ0n) is 9.51. The Morgan fingerprint density at radius 2 is 2.33 bits per heavy atom. The molecule has 1 N–H and O–H groups in total. The third-order valence-electron chi connectivity index (χ3n) is 2.26. The van der Waals surface area contributed by atoms with E-state index in [1.54, 1.807) is 12.3 Å². The Balaban J connectivity index is 2.06. The van der Waals surface area contributed by atoms with Crippen molar-refractivity contribution >= 4 is 33.6 Å². The van der Waals surface area contributed by atoms with Crippen LogP contribution in [-0.4, -0.2) is 9.91 Å². The fraction of sp³-hybridized carbons (Fsp3) is 0.182. The van der Waals surface area contributed by atoms with Gasteiger partial charge in [0.05, 0.1) is 10.6 Å². The molecule has 2 rings (SSSR count). The molecule has 0 aliphatic rings. The second-order valence-electron chi connectivity index (χ2n) is 3.70. The zero-order chi connectivity index (χ0) is 13.1. The Hall–Kier alpha value is -1.66. The second kappa shape index (κ2) is 5.32. The normalized spacial score (nSPS) is 10.3. The molecule has 94 valence electrons. The van der Waals surface area contributed by atoms with Crippen molar-refractivity contribution in [2.24, 2.45) is 0 Å². The van der Waals surface area contributed by atoms with Crippen LogP contribution in [0.2, 0.25) is 5.15 Å². The summed E-state index contributed by atoms with van der Waals surface area (Å²) in [5, 5.41) is 14.2. The molecule has 0 aliphatic carbocycles. The van der Waals surface area contributed by atoms with Gasteiger partial charge >= 0.3 is 5.00 Å². The van der Waals surface area contributed by atoms with Gasteiger partial charge in [0.1, 0.15) is 0 Å². The number of nitrogens with zero attached hydrogens (tertiary/aromatic N) is 2. The van der Waals surface area contributed by atoms with Gasteiger partial charge in [-0.1, -0.05) is 22.9 Å². The standard InChI is InChI=1S/C11H10ClN3O2S/c1-7-4-9(11(12)14-5-7)13-6-8-2-3-10(18-8)15(16)17/h2-5,13H,6H2,1H3. The maximum absolute atomic E-state index is 10.6. The molecule has 2 aromatic heterocycles. The number of aryl methyl sites for hydroxylation is 1. The van der Waals surface area contributed by atoms with Crippen LogP contribution in [0.5, 0.6) is 0 Å². The van der Waals surface area contributed by atoms with Gasteiger partial charge in [-0.25, -0.2) is 4.98 Å². The Kier molecular flexibility index (Phi) is 3.78. The number of thiophene rings is 1. The van der Waals surface area contributed by atoms with Crippen LogP contribution >= 0.6 is 22.9 Å². The van der Waals surface area contributed by atoms with Crippen molar-refractivity contribution in [2.45, 2.75) is 13.5 Å². The van der Waals surface area contributed by atoms with Crippen molar-refractivity contribution in [1.82, 2.24) is 4.98 Å². The zero-order valence-corrected chi connectivity index (χ0v) is 11.1. The quantitative estimate of drug-likeness (QED) is 0.528.